The number of hydrazine groups is 1. The molecule has 1 fully saturated rings. The van der Waals surface area contributed by atoms with Crippen molar-refractivity contribution in [3.63, 3.8) is 0 Å². The first-order valence-electron chi connectivity index (χ1n) is 5.79. The van der Waals surface area contributed by atoms with Crippen LogP contribution in [0.25, 0.3) is 0 Å². The molecule has 0 aromatic heterocycles. The van der Waals surface area contributed by atoms with Gasteiger partial charge in [-0.1, -0.05) is 18.2 Å². The van der Waals surface area contributed by atoms with Crippen molar-refractivity contribution in [2.75, 3.05) is 26.3 Å². The first kappa shape index (κ1) is 14.2. The van der Waals surface area contributed by atoms with Gasteiger partial charge in [0.05, 0.1) is 18.1 Å². The number of ether oxygens (including phenoxy) is 1. The van der Waals surface area contributed by atoms with Crippen LogP contribution in [0, 0.1) is 0 Å². The Morgan fingerprint density at radius 3 is 2.47 bits per heavy atom. The van der Waals surface area contributed by atoms with Gasteiger partial charge in [0.1, 0.15) is 0 Å². The summed E-state index contributed by atoms with van der Waals surface area (Å²) < 4.78 is 31.5. The molecule has 0 unspecified atom stereocenters. The number of rotatable bonds is 3. The normalized spacial score (nSPS) is 16.8. The summed E-state index contributed by atoms with van der Waals surface area (Å²) in [6, 6.07) is 8.10. The summed E-state index contributed by atoms with van der Waals surface area (Å²) in [5.74, 6) is 0. The second-order valence-electron chi connectivity index (χ2n) is 3.96. The highest BCUT2D eigenvalue weighted by atomic mass is 32.2. The van der Waals surface area contributed by atoms with E-state index in [1.807, 2.05) is 5.01 Å². The molecule has 0 spiro atoms. The third-order valence-corrected chi connectivity index (χ3v) is 4.24. The van der Waals surface area contributed by atoms with Crippen LogP contribution in [0.1, 0.15) is 0 Å². The fraction of sp³-hybridized carbons (Fsp3) is 0.364. The smallest absolute Gasteiger partial charge is 0.263 e. The lowest BCUT2D eigenvalue weighted by Gasteiger charge is -2.28. The molecule has 0 atom stereocenters. The van der Waals surface area contributed by atoms with Gasteiger partial charge in [-0.15, -0.1) is 0 Å². The molecule has 1 heterocycles. The molecule has 1 aliphatic rings. The van der Waals surface area contributed by atoms with E-state index in [0.717, 1.165) is 0 Å². The largest absolute Gasteiger partial charge is 0.379 e. The molecule has 0 saturated carbocycles. The maximum atomic E-state index is 12.0. The number of benzene rings is 1. The molecule has 0 radical (unpaired) electrons. The molecule has 1 aromatic carbocycles. The van der Waals surface area contributed by atoms with Gasteiger partial charge in [-0.05, 0) is 24.4 Å². The minimum atomic E-state index is -3.62. The first-order chi connectivity index (χ1) is 9.08. The number of nitrogens with zero attached hydrogens (tertiary/aromatic N) is 1. The molecule has 104 valence electrons. The van der Waals surface area contributed by atoms with Crippen LogP contribution in [0.15, 0.2) is 35.2 Å². The van der Waals surface area contributed by atoms with Gasteiger partial charge in [-0.2, -0.15) is 0 Å². The maximum absolute atomic E-state index is 12.0. The average Bonchev–Trinajstić information content (AvgIpc) is 2.40. The van der Waals surface area contributed by atoms with Crippen LogP contribution in [-0.4, -0.2) is 44.8 Å². The van der Waals surface area contributed by atoms with E-state index in [1.54, 1.807) is 18.2 Å². The number of sulfonamides is 1. The Kier molecular flexibility index (Phi) is 4.70. The first-order valence-corrected chi connectivity index (χ1v) is 7.68. The zero-order chi connectivity index (χ0) is 13.7. The Morgan fingerprint density at radius 2 is 1.84 bits per heavy atom. The van der Waals surface area contributed by atoms with Gasteiger partial charge in [-0.3, -0.25) is 10.1 Å². The molecule has 1 aliphatic heterocycles. The molecule has 2 rings (SSSR count). The average molecular weight is 301 g/mol. The zero-order valence-corrected chi connectivity index (χ0v) is 11.8. The summed E-state index contributed by atoms with van der Waals surface area (Å²) in [5, 5.41) is 1.88. The molecule has 0 aliphatic carbocycles. The van der Waals surface area contributed by atoms with E-state index in [2.05, 4.69) is 10.1 Å². The fourth-order valence-corrected chi connectivity index (χ4v) is 3.00. The van der Waals surface area contributed by atoms with E-state index in [4.69, 9.17) is 17.0 Å². The maximum Gasteiger partial charge on any atom is 0.263 e. The highest BCUT2D eigenvalue weighted by Crippen LogP contribution is 2.06. The fourth-order valence-electron chi connectivity index (χ4n) is 1.62. The highest BCUT2D eigenvalue weighted by Gasteiger charge is 2.17. The Balaban J connectivity index is 1.94. The van der Waals surface area contributed by atoms with Crippen molar-refractivity contribution in [1.29, 1.82) is 0 Å². The third-order valence-electron chi connectivity index (χ3n) is 2.55. The van der Waals surface area contributed by atoms with Crippen molar-refractivity contribution in [1.82, 2.24) is 15.2 Å². The van der Waals surface area contributed by atoms with Crippen molar-refractivity contribution in [2.45, 2.75) is 4.90 Å². The van der Waals surface area contributed by atoms with E-state index < -0.39 is 10.0 Å². The Morgan fingerprint density at radius 1 is 1.21 bits per heavy atom. The number of nitrogens with one attached hydrogen (secondary N) is 2. The Bertz CT molecular complexity index is 527. The molecule has 19 heavy (non-hydrogen) atoms. The summed E-state index contributed by atoms with van der Waals surface area (Å²) in [6.45, 7) is 2.52. The van der Waals surface area contributed by atoms with E-state index in [0.29, 0.717) is 26.3 Å². The van der Waals surface area contributed by atoms with E-state index in [9.17, 15) is 8.42 Å². The molecule has 0 bridgehead atoms. The van der Waals surface area contributed by atoms with Crippen molar-refractivity contribution >= 4 is 27.4 Å². The Labute approximate surface area is 117 Å². The lowest BCUT2D eigenvalue weighted by molar-refractivity contribution is 0.0249. The zero-order valence-electron chi connectivity index (χ0n) is 10.2. The predicted molar refractivity (Wildman–Crippen MR) is 74.9 cm³/mol. The quantitative estimate of drug-likeness (QED) is 0.771. The molecule has 6 nitrogen and oxygen atoms in total. The highest BCUT2D eigenvalue weighted by molar-refractivity contribution is 7.91. The molecule has 1 aromatic rings. The standard InChI is InChI=1S/C11H15N3O3S2/c15-19(16,10-4-2-1-3-5-10)13-11(18)12-14-6-8-17-9-7-14/h1-5H,6-9H2,(H2,12,13,18). The summed E-state index contributed by atoms with van der Waals surface area (Å²) in [5.41, 5.74) is 2.84. The van der Waals surface area contributed by atoms with Gasteiger partial charge in [0, 0.05) is 13.1 Å². The van der Waals surface area contributed by atoms with Crippen molar-refractivity contribution < 1.29 is 13.2 Å². The van der Waals surface area contributed by atoms with Crippen LogP contribution in [0.3, 0.4) is 0 Å². The summed E-state index contributed by atoms with van der Waals surface area (Å²) in [7, 11) is -3.62. The van der Waals surface area contributed by atoms with E-state index >= 15 is 0 Å². The molecule has 0 amide bonds. The predicted octanol–water partition coefficient (Wildman–Crippen LogP) is 0.0866. The molecular formula is C11H15N3O3S2. The van der Waals surface area contributed by atoms with Gasteiger partial charge in [0.15, 0.2) is 5.11 Å². The SMILES string of the molecule is O=S(=O)(NC(=S)NN1CCOCC1)c1ccccc1. The van der Waals surface area contributed by atoms with Crippen molar-refractivity contribution in [3.05, 3.63) is 30.3 Å². The number of hydrogen-bond acceptors (Lipinski definition) is 5. The van der Waals surface area contributed by atoms with E-state index in [-0.39, 0.29) is 10.0 Å². The molecule has 1 saturated heterocycles. The summed E-state index contributed by atoms with van der Waals surface area (Å²) in [6.07, 6.45) is 0. The van der Waals surface area contributed by atoms with Crippen LogP contribution in [-0.2, 0) is 14.8 Å². The van der Waals surface area contributed by atoms with Gasteiger partial charge < -0.3 is 4.74 Å². The second-order valence-corrected chi connectivity index (χ2v) is 6.05. The lowest BCUT2D eigenvalue weighted by atomic mass is 10.4. The molecular weight excluding hydrogens is 286 g/mol. The topological polar surface area (TPSA) is 70.7 Å². The van der Waals surface area contributed by atoms with Crippen molar-refractivity contribution in [2.24, 2.45) is 0 Å². The summed E-state index contributed by atoms with van der Waals surface area (Å²) in [4.78, 5) is 0.182. The Hall–Kier alpha value is -1.22. The number of morpholine rings is 1. The molecule has 2 N–H and O–H groups in total. The second kappa shape index (κ2) is 6.29. The van der Waals surface area contributed by atoms with Crippen molar-refractivity contribution in [3.8, 4) is 0 Å². The van der Waals surface area contributed by atoms with Gasteiger partial charge in [0.2, 0.25) is 0 Å². The number of hydrogen-bond donors (Lipinski definition) is 2. The van der Waals surface area contributed by atoms with Crippen LogP contribution < -0.4 is 10.1 Å². The van der Waals surface area contributed by atoms with Crippen LogP contribution >= 0.6 is 12.2 Å². The minimum Gasteiger partial charge on any atom is -0.379 e. The minimum absolute atomic E-state index is 0.0609. The van der Waals surface area contributed by atoms with E-state index in [1.165, 1.54) is 12.1 Å². The lowest BCUT2D eigenvalue weighted by Crippen LogP contribution is -2.52. The van der Waals surface area contributed by atoms with Gasteiger partial charge >= 0.3 is 0 Å². The van der Waals surface area contributed by atoms with Crippen LogP contribution in [0.2, 0.25) is 0 Å². The van der Waals surface area contributed by atoms with Gasteiger partial charge in [-0.25, -0.2) is 13.4 Å². The third kappa shape index (κ3) is 4.13. The van der Waals surface area contributed by atoms with Crippen LogP contribution in [0.5, 0.6) is 0 Å². The monoisotopic (exact) mass is 301 g/mol. The summed E-state index contributed by atoms with van der Waals surface area (Å²) >= 11 is 5.00. The number of thiocarbonyl (C=S) groups is 1. The van der Waals surface area contributed by atoms with Gasteiger partial charge in [0.25, 0.3) is 10.0 Å². The van der Waals surface area contributed by atoms with Crippen LogP contribution in [0.4, 0.5) is 0 Å². The molecule has 8 heteroatoms.